The van der Waals surface area contributed by atoms with Crippen LogP contribution in [-0.4, -0.2) is 11.1 Å². The number of aromatic carboxylic acids is 1. The molecular formula is C16H16O2S. The molecule has 98 valence electrons. The van der Waals surface area contributed by atoms with E-state index in [1.54, 1.807) is 6.07 Å². The molecule has 1 N–H and O–H groups in total. The fourth-order valence-corrected chi connectivity index (χ4v) is 3.03. The molecule has 3 heteroatoms. The second kappa shape index (κ2) is 5.49. The van der Waals surface area contributed by atoms with Crippen LogP contribution in [0.15, 0.2) is 46.2 Å². The van der Waals surface area contributed by atoms with Gasteiger partial charge in [-0.2, -0.15) is 0 Å². The molecule has 2 nitrogen and oxygen atoms in total. The van der Waals surface area contributed by atoms with Crippen molar-refractivity contribution in [3.8, 4) is 0 Å². The lowest BCUT2D eigenvalue weighted by atomic mass is 10.1. The molecular weight excluding hydrogens is 256 g/mol. The summed E-state index contributed by atoms with van der Waals surface area (Å²) < 4.78 is 0. The van der Waals surface area contributed by atoms with Crippen molar-refractivity contribution in [1.29, 1.82) is 0 Å². The molecule has 2 rings (SSSR count). The van der Waals surface area contributed by atoms with E-state index in [1.165, 1.54) is 22.9 Å². The fraction of sp³-hybridized carbons (Fsp3) is 0.188. The van der Waals surface area contributed by atoms with Crippen molar-refractivity contribution < 1.29 is 9.90 Å². The zero-order chi connectivity index (χ0) is 14.0. The first kappa shape index (κ1) is 13.7. The van der Waals surface area contributed by atoms with Crippen LogP contribution in [0.3, 0.4) is 0 Å². The van der Waals surface area contributed by atoms with Crippen molar-refractivity contribution in [3.05, 3.63) is 58.7 Å². The van der Waals surface area contributed by atoms with Crippen molar-refractivity contribution in [1.82, 2.24) is 0 Å². The minimum absolute atomic E-state index is 0.357. The highest BCUT2D eigenvalue weighted by atomic mass is 32.2. The summed E-state index contributed by atoms with van der Waals surface area (Å²) in [6.07, 6.45) is 0. The number of carboxylic acids is 1. The average molecular weight is 272 g/mol. The van der Waals surface area contributed by atoms with Crippen LogP contribution in [-0.2, 0) is 0 Å². The summed E-state index contributed by atoms with van der Waals surface area (Å²) in [4.78, 5) is 13.1. The van der Waals surface area contributed by atoms with Crippen LogP contribution in [0.2, 0.25) is 0 Å². The molecule has 0 radical (unpaired) electrons. The molecule has 0 spiro atoms. The molecule has 0 aromatic heterocycles. The minimum Gasteiger partial charge on any atom is -0.478 e. The summed E-state index contributed by atoms with van der Waals surface area (Å²) in [5, 5.41) is 9.23. The molecule has 0 fully saturated rings. The van der Waals surface area contributed by atoms with Gasteiger partial charge in [-0.3, -0.25) is 0 Å². The number of hydrogen-bond donors (Lipinski definition) is 1. The molecule has 2 aromatic rings. The highest BCUT2D eigenvalue weighted by Crippen LogP contribution is 2.33. The summed E-state index contributed by atoms with van der Waals surface area (Å²) >= 11 is 1.51. The van der Waals surface area contributed by atoms with Crippen LogP contribution in [0.5, 0.6) is 0 Å². The van der Waals surface area contributed by atoms with Crippen LogP contribution in [0, 0.1) is 20.8 Å². The molecule has 0 aliphatic rings. The number of rotatable bonds is 3. The smallest absolute Gasteiger partial charge is 0.336 e. The fourth-order valence-electron chi connectivity index (χ4n) is 1.92. The summed E-state index contributed by atoms with van der Waals surface area (Å²) in [6, 6.07) is 11.6. The molecule has 0 aliphatic carbocycles. The molecule has 0 heterocycles. The number of benzene rings is 2. The Kier molecular flexibility index (Phi) is 3.96. The van der Waals surface area contributed by atoms with Crippen LogP contribution < -0.4 is 0 Å². The number of carbonyl (C=O) groups is 1. The van der Waals surface area contributed by atoms with E-state index in [0.717, 1.165) is 15.4 Å². The van der Waals surface area contributed by atoms with Gasteiger partial charge in [-0.1, -0.05) is 35.5 Å². The van der Waals surface area contributed by atoms with Crippen molar-refractivity contribution in [2.75, 3.05) is 0 Å². The number of carboxylic acid groups (broad SMARTS) is 1. The van der Waals surface area contributed by atoms with Gasteiger partial charge >= 0.3 is 5.97 Å². The summed E-state index contributed by atoms with van der Waals surface area (Å²) in [5.41, 5.74) is 3.81. The summed E-state index contributed by atoms with van der Waals surface area (Å²) in [6.45, 7) is 6.07. The Labute approximate surface area is 117 Å². The third kappa shape index (κ3) is 3.18. The van der Waals surface area contributed by atoms with Crippen molar-refractivity contribution in [2.24, 2.45) is 0 Å². The Balaban J connectivity index is 2.42. The Hall–Kier alpha value is -1.74. The van der Waals surface area contributed by atoms with Gasteiger partial charge in [0.2, 0.25) is 0 Å². The second-order valence-electron chi connectivity index (χ2n) is 4.68. The molecule has 0 saturated heterocycles. The van der Waals surface area contributed by atoms with E-state index in [1.807, 2.05) is 38.1 Å². The molecule has 0 aliphatic heterocycles. The standard InChI is InChI=1S/C16H16O2S/c1-10-5-7-14(12(3)8-10)19-15-9-11(2)4-6-13(15)16(17)18/h4-9H,1-3H3,(H,17,18). The van der Waals surface area contributed by atoms with Gasteiger partial charge in [0.05, 0.1) is 5.56 Å². The van der Waals surface area contributed by atoms with E-state index in [2.05, 4.69) is 13.0 Å². The molecule has 2 aromatic carbocycles. The van der Waals surface area contributed by atoms with Crippen molar-refractivity contribution in [2.45, 2.75) is 30.6 Å². The Morgan fingerprint density at radius 3 is 2.21 bits per heavy atom. The van der Waals surface area contributed by atoms with Crippen LogP contribution >= 0.6 is 11.8 Å². The number of hydrogen-bond acceptors (Lipinski definition) is 2. The van der Waals surface area contributed by atoms with E-state index in [-0.39, 0.29) is 0 Å². The van der Waals surface area contributed by atoms with E-state index in [0.29, 0.717) is 5.56 Å². The lowest BCUT2D eigenvalue weighted by Crippen LogP contribution is -1.99. The van der Waals surface area contributed by atoms with E-state index >= 15 is 0 Å². The first-order valence-electron chi connectivity index (χ1n) is 6.06. The first-order valence-corrected chi connectivity index (χ1v) is 6.88. The predicted molar refractivity (Wildman–Crippen MR) is 78.2 cm³/mol. The summed E-state index contributed by atoms with van der Waals surface area (Å²) in [5.74, 6) is -0.882. The van der Waals surface area contributed by atoms with Gasteiger partial charge in [-0.25, -0.2) is 4.79 Å². The van der Waals surface area contributed by atoms with Crippen molar-refractivity contribution >= 4 is 17.7 Å². The van der Waals surface area contributed by atoms with Gasteiger partial charge in [0, 0.05) is 9.79 Å². The van der Waals surface area contributed by atoms with Gasteiger partial charge in [-0.15, -0.1) is 0 Å². The Morgan fingerprint density at radius 2 is 1.58 bits per heavy atom. The van der Waals surface area contributed by atoms with Crippen LogP contribution in [0.4, 0.5) is 0 Å². The normalized spacial score (nSPS) is 10.5. The second-order valence-corrected chi connectivity index (χ2v) is 5.76. The zero-order valence-corrected chi connectivity index (χ0v) is 12.0. The third-order valence-corrected chi connectivity index (χ3v) is 4.15. The minimum atomic E-state index is -0.882. The topological polar surface area (TPSA) is 37.3 Å². The highest BCUT2D eigenvalue weighted by molar-refractivity contribution is 7.99. The lowest BCUT2D eigenvalue weighted by molar-refractivity contribution is 0.0693. The van der Waals surface area contributed by atoms with E-state index in [4.69, 9.17) is 0 Å². The van der Waals surface area contributed by atoms with Gasteiger partial charge in [0.1, 0.15) is 0 Å². The SMILES string of the molecule is Cc1ccc(Sc2cc(C)ccc2C(=O)O)c(C)c1. The monoisotopic (exact) mass is 272 g/mol. The molecule has 0 amide bonds. The molecule has 0 unspecified atom stereocenters. The number of aryl methyl sites for hydroxylation is 3. The van der Waals surface area contributed by atoms with Crippen molar-refractivity contribution in [3.63, 3.8) is 0 Å². The maximum absolute atomic E-state index is 11.2. The van der Waals surface area contributed by atoms with E-state index in [9.17, 15) is 9.90 Å². The van der Waals surface area contributed by atoms with Gasteiger partial charge in [0.25, 0.3) is 0 Å². The quantitative estimate of drug-likeness (QED) is 0.896. The predicted octanol–water partition coefficient (Wildman–Crippen LogP) is 4.46. The summed E-state index contributed by atoms with van der Waals surface area (Å²) in [7, 11) is 0. The lowest BCUT2D eigenvalue weighted by Gasteiger charge is -2.10. The van der Waals surface area contributed by atoms with Crippen LogP contribution in [0.1, 0.15) is 27.0 Å². The largest absolute Gasteiger partial charge is 0.478 e. The van der Waals surface area contributed by atoms with Gasteiger partial charge in [0.15, 0.2) is 0 Å². The molecule has 0 saturated carbocycles. The first-order chi connectivity index (χ1) is 8.97. The van der Waals surface area contributed by atoms with Crippen LogP contribution in [0.25, 0.3) is 0 Å². The average Bonchev–Trinajstić information content (AvgIpc) is 2.32. The maximum atomic E-state index is 11.2. The van der Waals surface area contributed by atoms with E-state index < -0.39 is 5.97 Å². The molecule has 0 bridgehead atoms. The zero-order valence-electron chi connectivity index (χ0n) is 11.2. The van der Waals surface area contributed by atoms with Gasteiger partial charge < -0.3 is 5.11 Å². The maximum Gasteiger partial charge on any atom is 0.336 e. The highest BCUT2D eigenvalue weighted by Gasteiger charge is 2.12. The van der Waals surface area contributed by atoms with Gasteiger partial charge in [-0.05, 0) is 50.1 Å². The molecule has 19 heavy (non-hydrogen) atoms. The third-order valence-electron chi connectivity index (χ3n) is 2.92. The molecule has 0 atom stereocenters. The Bertz CT molecular complexity index is 633. The Morgan fingerprint density at radius 1 is 0.947 bits per heavy atom.